The van der Waals surface area contributed by atoms with Crippen molar-refractivity contribution in [1.29, 1.82) is 0 Å². The Kier molecular flexibility index (Phi) is 6.17. The first-order valence-electron chi connectivity index (χ1n) is 4.88. The summed E-state index contributed by atoms with van der Waals surface area (Å²) in [5, 5.41) is 10.6. The molecule has 0 saturated heterocycles. The molecule has 16 heavy (non-hydrogen) atoms. The number of nitrogens with one attached hydrogen (secondary N) is 1. The second-order valence-electron chi connectivity index (χ2n) is 3.41. The van der Waals surface area contributed by atoms with Gasteiger partial charge in [-0.05, 0) is 31.4 Å². The minimum Gasteiger partial charge on any atom is -0.480 e. The molecule has 1 unspecified atom stereocenters. The number of rotatable bonds is 7. The minimum absolute atomic E-state index is 0.0370. The fraction of sp³-hybridized carbons (Fsp3) is 0.889. The summed E-state index contributed by atoms with van der Waals surface area (Å²) in [6.07, 6.45) is -4.28. The third-order valence-corrected chi connectivity index (χ3v) is 3.13. The van der Waals surface area contributed by atoms with E-state index < -0.39 is 17.7 Å². The molecule has 0 fully saturated rings. The molecule has 96 valence electrons. The summed E-state index contributed by atoms with van der Waals surface area (Å²) in [6, 6.07) is 0. The highest BCUT2D eigenvalue weighted by Crippen LogP contribution is 2.30. The molecular weight excluding hydrogens is 243 g/mol. The van der Waals surface area contributed by atoms with E-state index in [0.717, 1.165) is 11.5 Å². The van der Waals surface area contributed by atoms with Crippen LogP contribution in [0.1, 0.15) is 20.3 Å². The Morgan fingerprint density at radius 3 is 2.38 bits per heavy atom. The fourth-order valence-corrected chi connectivity index (χ4v) is 1.59. The Morgan fingerprint density at radius 1 is 1.44 bits per heavy atom. The van der Waals surface area contributed by atoms with Crippen LogP contribution in [0, 0.1) is 0 Å². The van der Waals surface area contributed by atoms with E-state index in [1.54, 1.807) is 11.8 Å². The molecule has 0 aliphatic carbocycles. The molecule has 3 nitrogen and oxygen atoms in total. The number of alkyl halides is 3. The zero-order valence-electron chi connectivity index (χ0n) is 9.23. The zero-order chi connectivity index (χ0) is 12.8. The highest BCUT2D eigenvalue weighted by molar-refractivity contribution is 7.99. The normalized spacial score (nSPS) is 15.8. The molecular formula is C9H16F3NO2S. The Bertz CT molecular complexity index is 235. The van der Waals surface area contributed by atoms with Gasteiger partial charge < -0.3 is 5.11 Å². The average molecular weight is 259 g/mol. The van der Waals surface area contributed by atoms with E-state index in [1.807, 2.05) is 6.92 Å². The summed E-state index contributed by atoms with van der Waals surface area (Å²) in [6.45, 7) is 2.63. The molecule has 0 aromatic rings. The summed E-state index contributed by atoms with van der Waals surface area (Å²) < 4.78 is 37.4. The van der Waals surface area contributed by atoms with Crippen molar-refractivity contribution < 1.29 is 23.1 Å². The summed E-state index contributed by atoms with van der Waals surface area (Å²) in [4.78, 5) is 10.6. The number of carboxylic acids is 1. The number of halogens is 3. The zero-order valence-corrected chi connectivity index (χ0v) is 10.0. The largest absolute Gasteiger partial charge is 0.480 e. The van der Waals surface area contributed by atoms with E-state index in [1.165, 1.54) is 0 Å². The summed E-state index contributed by atoms with van der Waals surface area (Å²) in [7, 11) is 0. The molecule has 7 heteroatoms. The molecule has 0 bridgehead atoms. The van der Waals surface area contributed by atoms with Crippen LogP contribution >= 0.6 is 11.8 Å². The molecule has 0 aromatic carbocycles. The van der Waals surface area contributed by atoms with Crippen molar-refractivity contribution in [3.8, 4) is 0 Å². The monoisotopic (exact) mass is 259 g/mol. The molecule has 0 aromatic heterocycles. The van der Waals surface area contributed by atoms with E-state index >= 15 is 0 Å². The molecule has 0 aliphatic rings. The highest BCUT2D eigenvalue weighted by Gasteiger charge is 2.56. The van der Waals surface area contributed by atoms with Crippen molar-refractivity contribution >= 4 is 17.7 Å². The van der Waals surface area contributed by atoms with Gasteiger partial charge >= 0.3 is 12.1 Å². The Balaban J connectivity index is 4.21. The van der Waals surface area contributed by atoms with Gasteiger partial charge in [0.1, 0.15) is 0 Å². The fourth-order valence-electron chi connectivity index (χ4n) is 0.954. The molecule has 0 rings (SSSR count). The van der Waals surface area contributed by atoms with Gasteiger partial charge in [-0.2, -0.15) is 24.9 Å². The number of carboxylic acid groups (broad SMARTS) is 1. The van der Waals surface area contributed by atoms with Gasteiger partial charge in [0, 0.05) is 0 Å². The topological polar surface area (TPSA) is 49.3 Å². The molecule has 0 heterocycles. The first-order valence-corrected chi connectivity index (χ1v) is 6.04. The SMILES string of the molecule is CCSCCCNC(C)(C(=O)O)C(F)(F)F. The molecule has 2 N–H and O–H groups in total. The van der Waals surface area contributed by atoms with E-state index in [0.29, 0.717) is 13.3 Å². The lowest BCUT2D eigenvalue weighted by Gasteiger charge is -2.28. The molecule has 1 atom stereocenters. The number of hydrogen-bond acceptors (Lipinski definition) is 3. The number of aliphatic carboxylic acids is 1. The third kappa shape index (κ3) is 4.21. The van der Waals surface area contributed by atoms with Gasteiger partial charge in [-0.1, -0.05) is 6.92 Å². The van der Waals surface area contributed by atoms with Crippen molar-refractivity contribution in [1.82, 2.24) is 5.32 Å². The molecule has 0 aliphatic heterocycles. The van der Waals surface area contributed by atoms with Gasteiger partial charge in [0.05, 0.1) is 0 Å². The predicted molar refractivity (Wildman–Crippen MR) is 57.7 cm³/mol. The van der Waals surface area contributed by atoms with E-state index in [2.05, 4.69) is 5.32 Å². The molecule has 0 saturated carbocycles. The highest BCUT2D eigenvalue weighted by atomic mass is 32.2. The lowest BCUT2D eigenvalue weighted by atomic mass is 10.0. The lowest BCUT2D eigenvalue weighted by molar-refractivity contribution is -0.205. The number of thioether (sulfide) groups is 1. The van der Waals surface area contributed by atoms with Crippen LogP contribution < -0.4 is 5.32 Å². The van der Waals surface area contributed by atoms with Crippen LogP contribution in [0.3, 0.4) is 0 Å². The van der Waals surface area contributed by atoms with Crippen LogP contribution in [0.2, 0.25) is 0 Å². The maximum absolute atomic E-state index is 12.5. The third-order valence-electron chi connectivity index (χ3n) is 2.14. The van der Waals surface area contributed by atoms with Gasteiger partial charge in [0.25, 0.3) is 0 Å². The summed E-state index contributed by atoms with van der Waals surface area (Å²) >= 11 is 1.61. The van der Waals surface area contributed by atoms with Gasteiger partial charge in [-0.15, -0.1) is 0 Å². The number of hydrogen-bond donors (Lipinski definition) is 2. The van der Waals surface area contributed by atoms with Crippen LogP contribution in [0.25, 0.3) is 0 Å². The Labute approximate surface area is 96.8 Å². The van der Waals surface area contributed by atoms with Crippen LogP contribution in [-0.2, 0) is 4.79 Å². The Morgan fingerprint density at radius 2 is 2.00 bits per heavy atom. The molecule has 0 radical (unpaired) electrons. The van der Waals surface area contributed by atoms with Crippen molar-refractivity contribution in [3.05, 3.63) is 0 Å². The van der Waals surface area contributed by atoms with Crippen molar-refractivity contribution in [2.75, 3.05) is 18.1 Å². The first kappa shape index (κ1) is 15.6. The van der Waals surface area contributed by atoms with Crippen LogP contribution in [0.15, 0.2) is 0 Å². The maximum Gasteiger partial charge on any atom is 0.417 e. The summed E-state index contributed by atoms with van der Waals surface area (Å²) in [5.41, 5.74) is -2.86. The van der Waals surface area contributed by atoms with E-state index in [4.69, 9.17) is 5.11 Å². The second kappa shape index (κ2) is 6.34. The summed E-state index contributed by atoms with van der Waals surface area (Å²) in [5.74, 6) is -0.282. The minimum atomic E-state index is -4.79. The molecule has 0 amide bonds. The molecule has 0 spiro atoms. The van der Waals surface area contributed by atoms with Gasteiger partial charge in [0.2, 0.25) is 5.54 Å². The van der Waals surface area contributed by atoms with Crippen LogP contribution in [0.4, 0.5) is 13.2 Å². The average Bonchev–Trinajstić information content (AvgIpc) is 2.15. The van der Waals surface area contributed by atoms with Crippen molar-refractivity contribution in [3.63, 3.8) is 0 Å². The smallest absolute Gasteiger partial charge is 0.417 e. The van der Waals surface area contributed by atoms with Gasteiger partial charge in [0.15, 0.2) is 0 Å². The quantitative estimate of drug-likeness (QED) is 0.688. The van der Waals surface area contributed by atoms with E-state index in [-0.39, 0.29) is 6.54 Å². The first-order chi connectivity index (χ1) is 7.25. The van der Waals surface area contributed by atoms with E-state index in [9.17, 15) is 18.0 Å². The number of carbonyl (C=O) groups is 1. The lowest BCUT2D eigenvalue weighted by Crippen LogP contribution is -2.60. The maximum atomic E-state index is 12.5. The van der Waals surface area contributed by atoms with Crippen LogP contribution in [-0.4, -0.2) is 40.8 Å². The second-order valence-corrected chi connectivity index (χ2v) is 4.80. The van der Waals surface area contributed by atoms with Crippen molar-refractivity contribution in [2.45, 2.75) is 32.0 Å². The standard InChI is InChI=1S/C9H16F3NO2S/c1-3-16-6-4-5-13-8(2,7(14)15)9(10,11)12/h13H,3-6H2,1-2H3,(H,14,15). The van der Waals surface area contributed by atoms with Gasteiger partial charge in [-0.25, -0.2) is 4.79 Å². The Hall–Kier alpha value is -0.430. The van der Waals surface area contributed by atoms with Crippen LogP contribution in [0.5, 0.6) is 0 Å². The predicted octanol–water partition coefficient (Wildman–Crippen LogP) is 2.12. The van der Waals surface area contributed by atoms with Gasteiger partial charge in [-0.3, -0.25) is 5.32 Å². The van der Waals surface area contributed by atoms with Crippen molar-refractivity contribution in [2.24, 2.45) is 0 Å².